The van der Waals surface area contributed by atoms with Crippen LogP contribution in [0.3, 0.4) is 0 Å². The zero-order chi connectivity index (χ0) is 22.9. The number of hydrogen-bond donors (Lipinski definition) is 2. The number of urea groups is 1. The lowest BCUT2D eigenvalue weighted by Gasteiger charge is -2.14. The number of nitrogens with one attached hydrogen (secondary N) is 1. The Kier molecular flexibility index (Phi) is 5.35. The number of amides is 2. The van der Waals surface area contributed by atoms with Gasteiger partial charge in [0.15, 0.2) is 5.13 Å². The number of aromatic nitrogens is 4. The van der Waals surface area contributed by atoms with Gasteiger partial charge >= 0.3 is 6.03 Å². The van der Waals surface area contributed by atoms with E-state index in [9.17, 15) is 4.79 Å². The summed E-state index contributed by atoms with van der Waals surface area (Å²) in [5, 5.41) is 11.9. The number of oxime groups is 1. The molecule has 0 bridgehead atoms. The van der Waals surface area contributed by atoms with Crippen LogP contribution in [0.1, 0.15) is 22.5 Å². The van der Waals surface area contributed by atoms with E-state index in [4.69, 9.17) is 15.7 Å². The van der Waals surface area contributed by atoms with Gasteiger partial charge in [0.2, 0.25) is 0 Å². The van der Waals surface area contributed by atoms with Gasteiger partial charge in [-0.15, -0.1) is 0 Å². The molecular weight excluding hydrogens is 438 g/mol. The number of aryl methyl sites for hydroxylation is 2. The number of nitrogens with zero attached hydrogens (tertiary/aromatic N) is 5. The van der Waals surface area contributed by atoms with Gasteiger partial charge in [-0.3, -0.25) is 10.3 Å². The minimum Gasteiger partial charge on any atom is -0.399 e. The molecule has 3 N–H and O–H groups in total. The molecule has 1 aliphatic carbocycles. The molecule has 0 radical (unpaired) electrons. The van der Waals surface area contributed by atoms with Crippen molar-refractivity contribution in [3.05, 3.63) is 65.1 Å². The number of nitrogens with two attached hydrogens (primary N) is 1. The Morgan fingerprint density at radius 1 is 1.24 bits per heavy atom. The van der Waals surface area contributed by atoms with Crippen LogP contribution in [0.2, 0.25) is 0 Å². The highest BCUT2D eigenvalue weighted by atomic mass is 32.1. The Morgan fingerprint density at radius 2 is 2.06 bits per heavy atom. The second-order valence-electron chi connectivity index (χ2n) is 7.57. The van der Waals surface area contributed by atoms with E-state index in [0.717, 1.165) is 62.9 Å². The second kappa shape index (κ2) is 8.47. The Hall–Kier alpha value is -4.05. The summed E-state index contributed by atoms with van der Waals surface area (Å²) in [5.41, 5.74) is 13.0. The maximum Gasteiger partial charge on any atom is 0.318 e. The van der Waals surface area contributed by atoms with Gasteiger partial charge in [-0.1, -0.05) is 28.6 Å². The predicted molar refractivity (Wildman–Crippen MR) is 128 cm³/mol. The van der Waals surface area contributed by atoms with Crippen LogP contribution in [0.25, 0.3) is 27.5 Å². The van der Waals surface area contributed by atoms with Crippen LogP contribution in [0.5, 0.6) is 0 Å². The lowest BCUT2D eigenvalue weighted by Crippen LogP contribution is -2.19. The molecule has 166 valence electrons. The molecule has 3 heterocycles. The molecule has 0 saturated heterocycles. The number of fused-ring (bicyclic) bond motifs is 3. The van der Waals surface area contributed by atoms with Crippen molar-refractivity contribution in [2.75, 3.05) is 12.4 Å². The number of anilines is 1. The Bertz CT molecular complexity index is 1350. The van der Waals surface area contributed by atoms with Crippen molar-refractivity contribution in [3.63, 3.8) is 0 Å². The van der Waals surface area contributed by atoms with Crippen LogP contribution in [0, 0.1) is 6.92 Å². The second-order valence-corrected chi connectivity index (χ2v) is 8.57. The van der Waals surface area contributed by atoms with E-state index in [-0.39, 0.29) is 0 Å². The van der Waals surface area contributed by atoms with E-state index in [1.54, 1.807) is 6.21 Å². The molecule has 10 heteroatoms. The first-order valence-electron chi connectivity index (χ1n) is 10.3. The SMILES string of the molecule is CO/N=C/c1ccc(-n2nc(-c3ccc(C)nc3)c3c2-c2sc(NC(N)=O)nc2CC3)cc1. The van der Waals surface area contributed by atoms with E-state index >= 15 is 0 Å². The predicted octanol–water partition coefficient (Wildman–Crippen LogP) is 3.94. The van der Waals surface area contributed by atoms with Crippen LogP contribution in [0.15, 0.2) is 47.8 Å². The number of pyridine rings is 1. The molecular formula is C23H21N7O2S. The number of carbonyl (C=O) groups excluding carboxylic acids is 1. The molecule has 33 heavy (non-hydrogen) atoms. The summed E-state index contributed by atoms with van der Waals surface area (Å²) < 4.78 is 1.94. The zero-order valence-corrected chi connectivity index (χ0v) is 18.9. The summed E-state index contributed by atoms with van der Waals surface area (Å²) in [6.45, 7) is 1.96. The van der Waals surface area contributed by atoms with Gasteiger partial charge in [0.1, 0.15) is 7.11 Å². The zero-order valence-electron chi connectivity index (χ0n) is 18.1. The maximum absolute atomic E-state index is 11.4. The molecule has 0 fully saturated rings. The van der Waals surface area contributed by atoms with Crippen LogP contribution >= 0.6 is 11.3 Å². The molecule has 3 aromatic heterocycles. The van der Waals surface area contributed by atoms with Crippen LogP contribution in [-0.2, 0) is 17.7 Å². The highest BCUT2D eigenvalue weighted by Crippen LogP contribution is 2.44. The molecule has 0 atom stereocenters. The first-order valence-corrected chi connectivity index (χ1v) is 11.1. The fraction of sp³-hybridized carbons (Fsp3) is 0.174. The van der Waals surface area contributed by atoms with Crippen LogP contribution in [-0.4, -0.2) is 39.1 Å². The monoisotopic (exact) mass is 459 g/mol. The van der Waals surface area contributed by atoms with Crippen molar-refractivity contribution in [1.82, 2.24) is 19.7 Å². The third-order valence-corrected chi connectivity index (χ3v) is 6.39. The van der Waals surface area contributed by atoms with Gasteiger partial charge in [-0.05, 0) is 49.6 Å². The number of benzene rings is 1. The van der Waals surface area contributed by atoms with Crippen molar-refractivity contribution in [3.8, 4) is 27.5 Å². The standard InChI is InChI=1S/C23H21N7O2S/c1-13-3-6-15(12-25-13)19-17-9-10-18-21(33-23(27-18)28-22(24)31)20(17)30(29-19)16-7-4-14(5-8-16)11-26-32-2/h3-8,11-12H,9-10H2,1-2H3,(H3,24,27,28,31)/b26-11+. The molecule has 1 aromatic carbocycles. The van der Waals surface area contributed by atoms with Gasteiger partial charge in [-0.25, -0.2) is 14.5 Å². The number of primary amides is 1. The Labute approximate surface area is 193 Å². The molecule has 2 amide bonds. The third kappa shape index (κ3) is 3.96. The first kappa shape index (κ1) is 20.8. The quantitative estimate of drug-likeness (QED) is 0.346. The largest absolute Gasteiger partial charge is 0.399 e. The molecule has 1 aliphatic rings. The van der Waals surface area contributed by atoms with Crippen molar-refractivity contribution < 1.29 is 9.63 Å². The Morgan fingerprint density at radius 3 is 2.76 bits per heavy atom. The highest BCUT2D eigenvalue weighted by Gasteiger charge is 2.30. The molecule has 4 aromatic rings. The smallest absolute Gasteiger partial charge is 0.318 e. The molecule has 0 aliphatic heterocycles. The lowest BCUT2D eigenvalue weighted by atomic mass is 9.95. The summed E-state index contributed by atoms with van der Waals surface area (Å²) >= 11 is 1.40. The average molecular weight is 460 g/mol. The third-order valence-electron chi connectivity index (χ3n) is 5.37. The minimum atomic E-state index is -0.630. The summed E-state index contributed by atoms with van der Waals surface area (Å²) in [6.07, 6.45) is 5.04. The number of rotatable bonds is 5. The van der Waals surface area contributed by atoms with Crippen molar-refractivity contribution in [1.29, 1.82) is 0 Å². The minimum absolute atomic E-state index is 0.484. The van der Waals surface area contributed by atoms with E-state index in [2.05, 4.69) is 20.4 Å². The fourth-order valence-electron chi connectivity index (χ4n) is 3.87. The van der Waals surface area contributed by atoms with Crippen molar-refractivity contribution >= 4 is 28.7 Å². The highest BCUT2D eigenvalue weighted by molar-refractivity contribution is 7.19. The first-order chi connectivity index (χ1) is 16.0. The number of carbonyl (C=O) groups is 1. The van der Waals surface area contributed by atoms with Gasteiger partial charge in [-0.2, -0.15) is 5.10 Å². The maximum atomic E-state index is 11.4. The summed E-state index contributed by atoms with van der Waals surface area (Å²) in [5.74, 6) is 0. The summed E-state index contributed by atoms with van der Waals surface area (Å²) in [6, 6.07) is 11.3. The van der Waals surface area contributed by atoms with E-state index in [1.807, 2.05) is 54.2 Å². The molecule has 0 unspecified atom stereocenters. The number of hydrogen-bond acceptors (Lipinski definition) is 7. The van der Waals surface area contributed by atoms with Gasteiger partial charge < -0.3 is 10.6 Å². The van der Waals surface area contributed by atoms with Crippen molar-refractivity contribution in [2.24, 2.45) is 10.9 Å². The van der Waals surface area contributed by atoms with Crippen molar-refractivity contribution in [2.45, 2.75) is 19.8 Å². The van der Waals surface area contributed by atoms with Gasteiger partial charge in [0.05, 0.1) is 33.9 Å². The van der Waals surface area contributed by atoms with E-state index in [1.165, 1.54) is 18.4 Å². The lowest BCUT2D eigenvalue weighted by molar-refractivity contribution is 0.215. The average Bonchev–Trinajstić information content (AvgIpc) is 3.39. The van der Waals surface area contributed by atoms with Gasteiger partial charge in [0, 0.05) is 23.0 Å². The topological polar surface area (TPSA) is 120 Å². The van der Waals surface area contributed by atoms with E-state index < -0.39 is 6.03 Å². The summed E-state index contributed by atoms with van der Waals surface area (Å²) in [7, 11) is 1.51. The van der Waals surface area contributed by atoms with E-state index in [0.29, 0.717) is 5.13 Å². The molecule has 5 rings (SSSR count). The normalized spacial score (nSPS) is 12.4. The molecule has 0 spiro atoms. The summed E-state index contributed by atoms with van der Waals surface area (Å²) in [4.78, 5) is 26.2. The number of thiazole rings is 1. The van der Waals surface area contributed by atoms with Gasteiger partial charge in [0.25, 0.3) is 0 Å². The van der Waals surface area contributed by atoms with Crippen LogP contribution in [0.4, 0.5) is 9.93 Å². The fourth-order valence-corrected chi connectivity index (χ4v) is 4.94. The molecule has 0 saturated carbocycles. The Balaban J connectivity index is 1.67. The van der Waals surface area contributed by atoms with Crippen LogP contribution < -0.4 is 11.1 Å². The molecule has 9 nitrogen and oxygen atoms in total.